The number of halogens is 2. The van der Waals surface area contributed by atoms with Gasteiger partial charge in [0, 0.05) is 10.6 Å². The van der Waals surface area contributed by atoms with E-state index in [2.05, 4.69) is 5.10 Å². The number of carboxylic acids is 1. The molecule has 2 aromatic carbocycles. The number of ether oxygens (including phenoxy) is 1. The van der Waals surface area contributed by atoms with Crippen molar-refractivity contribution in [3.8, 4) is 5.75 Å². The Morgan fingerprint density at radius 2 is 2.00 bits per heavy atom. The van der Waals surface area contributed by atoms with Gasteiger partial charge in [-0.25, -0.2) is 4.79 Å². The van der Waals surface area contributed by atoms with Crippen molar-refractivity contribution in [3.05, 3.63) is 63.1 Å². The Hall–Kier alpha value is -2.83. The number of rotatable bonds is 6. The maximum atomic E-state index is 13.0. The fraction of sp³-hybridized carbons (Fsp3) is 0.190. The highest BCUT2D eigenvalue weighted by molar-refractivity contribution is 6.34. The van der Waals surface area contributed by atoms with Gasteiger partial charge in [-0.05, 0) is 55.8 Å². The number of carbonyl (C=O) groups is 2. The summed E-state index contributed by atoms with van der Waals surface area (Å²) >= 11 is 12.0. The average Bonchev–Trinajstić information content (AvgIpc) is 2.96. The van der Waals surface area contributed by atoms with Crippen LogP contribution < -0.4 is 9.75 Å². The summed E-state index contributed by atoms with van der Waals surface area (Å²) in [7, 11) is 0. The number of amides is 1. The van der Waals surface area contributed by atoms with E-state index in [9.17, 15) is 14.7 Å². The molecule has 0 aromatic heterocycles. The minimum absolute atomic E-state index is 0.0843. The molecule has 1 aliphatic heterocycles. The van der Waals surface area contributed by atoms with E-state index in [0.717, 1.165) is 11.4 Å². The Labute approximate surface area is 178 Å². The molecule has 0 spiro atoms. The summed E-state index contributed by atoms with van der Waals surface area (Å²) in [6, 6.07) is 9.48. The van der Waals surface area contributed by atoms with Crippen molar-refractivity contribution in [1.29, 1.82) is 0 Å². The van der Waals surface area contributed by atoms with Crippen LogP contribution in [0.2, 0.25) is 10.0 Å². The number of hydrazone groups is 1. The SMILES string of the molecule is CCCOc1ccc(Cl)cc1/C=C1\C(=O)N(c2ccc(Cl)c(C(=O)O)c2)N=C1C. The number of hydrogen-bond acceptors (Lipinski definition) is 4. The second kappa shape index (κ2) is 8.68. The third-order valence-corrected chi connectivity index (χ3v) is 4.79. The van der Waals surface area contributed by atoms with Crippen LogP contribution in [0.1, 0.15) is 36.2 Å². The first-order valence-electron chi connectivity index (χ1n) is 8.88. The van der Waals surface area contributed by atoms with Crippen molar-refractivity contribution >= 4 is 52.6 Å². The monoisotopic (exact) mass is 432 g/mol. The molecule has 0 fully saturated rings. The fourth-order valence-electron chi connectivity index (χ4n) is 2.80. The van der Waals surface area contributed by atoms with E-state index in [1.54, 1.807) is 37.3 Å². The lowest BCUT2D eigenvalue weighted by molar-refractivity contribution is -0.114. The van der Waals surface area contributed by atoms with Crippen molar-refractivity contribution in [3.63, 3.8) is 0 Å². The van der Waals surface area contributed by atoms with Crippen molar-refractivity contribution in [2.24, 2.45) is 5.10 Å². The van der Waals surface area contributed by atoms with Crippen LogP contribution in [0.4, 0.5) is 5.69 Å². The number of carboxylic acid groups (broad SMARTS) is 1. The summed E-state index contributed by atoms with van der Waals surface area (Å²) in [5.74, 6) is -0.957. The number of anilines is 1. The predicted octanol–water partition coefficient (Wildman–Crippen LogP) is 5.29. The van der Waals surface area contributed by atoms with Gasteiger partial charge in [-0.3, -0.25) is 4.79 Å². The molecular weight excluding hydrogens is 415 g/mol. The lowest BCUT2D eigenvalue weighted by atomic mass is 10.1. The van der Waals surface area contributed by atoms with Crippen molar-refractivity contribution in [2.45, 2.75) is 20.3 Å². The van der Waals surface area contributed by atoms with Gasteiger partial charge in [0.1, 0.15) is 5.75 Å². The van der Waals surface area contributed by atoms with Gasteiger partial charge in [0.15, 0.2) is 0 Å². The first-order chi connectivity index (χ1) is 13.8. The van der Waals surface area contributed by atoms with Gasteiger partial charge in [-0.1, -0.05) is 30.1 Å². The number of aromatic carboxylic acids is 1. The summed E-state index contributed by atoms with van der Waals surface area (Å²) in [5.41, 5.74) is 1.72. The second-order valence-electron chi connectivity index (χ2n) is 6.36. The van der Waals surface area contributed by atoms with Gasteiger partial charge >= 0.3 is 5.97 Å². The van der Waals surface area contributed by atoms with Crippen LogP contribution in [0.15, 0.2) is 47.1 Å². The maximum Gasteiger partial charge on any atom is 0.337 e. The molecule has 1 N–H and O–H groups in total. The van der Waals surface area contributed by atoms with Gasteiger partial charge in [0.05, 0.1) is 34.2 Å². The summed E-state index contributed by atoms with van der Waals surface area (Å²) in [6.45, 7) is 4.24. The molecule has 8 heteroatoms. The molecule has 0 bridgehead atoms. The van der Waals surface area contributed by atoms with E-state index in [-0.39, 0.29) is 16.5 Å². The third kappa shape index (κ3) is 4.44. The van der Waals surface area contributed by atoms with Gasteiger partial charge in [-0.15, -0.1) is 0 Å². The molecule has 0 saturated heterocycles. The Kier molecular flexibility index (Phi) is 6.25. The highest BCUT2D eigenvalue weighted by Crippen LogP contribution is 2.31. The Morgan fingerprint density at radius 3 is 2.69 bits per heavy atom. The highest BCUT2D eigenvalue weighted by atomic mass is 35.5. The summed E-state index contributed by atoms with van der Waals surface area (Å²) in [5, 5.41) is 15.3. The maximum absolute atomic E-state index is 13.0. The summed E-state index contributed by atoms with van der Waals surface area (Å²) < 4.78 is 5.74. The zero-order valence-corrected chi connectivity index (χ0v) is 17.3. The molecule has 0 unspecified atom stereocenters. The van der Waals surface area contributed by atoms with E-state index in [0.29, 0.717) is 39.9 Å². The van der Waals surface area contributed by atoms with Gasteiger partial charge in [-0.2, -0.15) is 10.1 Å². The molecule has 0 atom stereocenters. The molecule has 29 heavy (non-hydrogen) atoms. The van der Waals surface area contributed by atoms with Crippen molar-refractivity contribution in [1.82, 2.24) is 0 Å². The topological polar surface area (TPSA) is 79.2 Å². The van der Waals surface area contributed by atoms with Crippen molar-refractivity contribution in [2.75, 3.05) is 11.6 Å². The lowest BCUT2D eigenvalue weighted by Gasteiger charge is -2.13. The van der Waals surface area contributed by atoms with E-state index < -0.39 is 5.97 Å². The Bertz CT molecular complexity index is 1050. The second-order valence-corrected chi connectivity index (χ2v) is 7.20. The number of carbonyl (C=O) groups excluding carboxylic acids is 1. The molecule has 3 rings (SSSR count). The largest absolute Gasteiger partial charge is 0.493 e. The molecule has 1 amide bonds. The van der Waals surface area contributed by atoms with Crippen LogP contribution in [-0.2, 0) is 4.79 Å². The zero-order chi connectivity index (χ0) is 21.1. The molecule has 0 aliphatic carbocycles. The number of nitrogens with zero attached hydrogens (tertiary/aromatic N) is 2. The number of hydrogen-bond donors (Lipinski definition) is 1. The van der Waals surface area contributed by atoms with E-state index in [4.69, 9.17) is 27.9 Å². The van der Waals surface area contributed by atoms with Crippen LogP contribution >= 0.6 is 23.2 Å². The third-order valence-electron chi connectivity index (χ3n) is 4.22. The van der Waals surface area contributed by atoms with E-state index in [1.165, 1.54) is 12.1 Å². The predicted molar refractivity (Wildman–Crippen MR) is 114 cm³/mol. The lowest BCUT2D eigenvalue weighted by Crippen LogP contribution is -2.21. The van der Waals surface area contributed by atoms with Crippen LogP contribution in [0, 0.1) is 0 Å². The first kappa shape index (κ1) is 20.9. The summed E-state index contributed by atoms with van der Waals surface area (Å²) in [4.78, 5) is 24.3. The average molecular weight is 433 g/mol. The fourth-order valence-corrected chi connectivity index (χ4v) is 3.18. The Balaban J connectivity index is 1.98. The van der Waals surface area contributed by atoms with Crippen molar-refractivity contribution < 1.29 is 19.4 Å². The molecule has 6 nitrogen and oxygen atoms in total. The minimum atomic E-state index is -1.18. The quantitative estimate of drug-likeness (QED) is 0.629. The normalized spacial score (nSPS) is 15.0. The smallest absolute Gasteiger partial charge is 0.337 e. The molecule has 150 valence electrons. The van der Waals surface area contributed by atoms with E-state index in [1.807, 2.05) is 6.92 Å². The molecule has 0 saturated carbocycles. The summed E-state index contributed by atoms with van der Waals surface area (Å²) in [6.07, 6.45) is 2.51. The molecule has 1 heterocycles. The van der Waals surface area contributed by atoms with Gasteiger partial charge in [0.25, 0.3) is 5.91 Å². The van der Waals surface area contributed by atoms with E-state index >= 15 is 0 Å². The van der Waals surface area contributed by atoms with Gasteiger partial charge in [0.2, 0.25) is 0 Å². The van der Waals surface area contributed by atoms with Crippen LogP contribution in [-0.4, -0.2) is 29.3 Å². The van der Waals surface area contributed by atoms with Gasteiger partial charge < -0.3 is 9.84 Å². The minimum Gasteiger partial charge on any atom is -0.493 e. The molecule has 2 aromatic rings. The molecule has 0 radical (unpaired) electrons. The Morgan fingerprint density at radius 1 is 1.24 bits per heavy atom. The zero-order valence-electron chi connectivity index (χ0n) is 15.8. The van der Waals surface area contributed by atoms with Crippen LogP contribution in [0.3, 0.4) is 0 Å². The standard InChI is InChI=1S/C21H18Cl2N2O4/c1-3-8-29-19-7-4-14(22)9-13(19)10-16-12(2)24-25(20(16)26)15-5-6-18(23)17(11-15)21(27)28/h4-7,9-11H,3,8H2,1-2H3,(H,27,28)/b16-10-. The molecular formula is C21H18Cl2N2O4. The number of benzene rings is 2. The first-order valence-corrected chi connectivity index (χ1v) is 9.64. The van der Waals surface area contributed by atoms with Crippen LogP contribution in [0.25, 0.3) is 6.08 Å². The highest BCUT2D eigenvalue weighted by Gasteiger charge is 2.30. The van der Waals surface area contributed by atoms with Crippen LogP contribution in [0.5, 0.6) is 5.75 Å². The molecule has 1 aliphatic rings.